The van der Waals surface area contributed by atoms with Gasteiger partial charge in [-0.15, -0.1) is 0 Å². The van der Waals surface area contributed by atoms with Crippen molar-refractivity contribution in [1.82, 2.24) is 19.9 Å². The highest BCUT2D eigenvalue weighted by Crippen LogP contribution is 2.33. The largest absolute Gasteiger partial charge is 0.376 e. The molecule has 41 heavy (non-hydrogen) atoms. The molecule has 3 aliphatic rings. The molecule has 226 valence electrons. The van der Waals surface area contributed by atoms with Gasteiger partial charge in [0, 0.05) is 37.2 Å². The molecule has 1 aromatic rings. The van der Waals surface area contributed by atoms with Crippen molar-refractivity contribution in [3.05, 3.63) is 57.1 Å². The Balaban J connectivity index is 1.46. The molecule has 0 aliphatic carbocycles. The zero-order chi connectivity index (χ0) is 30.0. The molecule has 4 rings (SSSR count). The van der Waals surface area contributed by atoms with E-state index in [1.165, 1.54) is 10.8 Å². The van der Waals surface area contributed by atoms with Gasteiger partial charge in [-0.05, 0) is 41.5 Å². The normalized spacial score (nSPS) is 30.5. The number of aromatic nitrogens is 2. The van der Waals surface area contributed by atoms with E-state index >= 15 is 0 Å². The molecule has 1 unspecified atom stereocenters. The molecule has 3 aliphatic heterocycles. The highest BCUT2D eigenvalue weighted by atomic mass is 16.7. The molecule has 0 saturated carbocycles. The summed E-state index contributed by atoms with van der Waals surface area (Å²) in [4.78, 5) is 57.2. The lowest BCUT2D eigenvalue weighted by Crippen LogP contribution is -2.44. The summed E-state index contributed by atoms with van der Waals surface area (Å²) in [6.45, 7) is 11.3. The predicted octanol–water partition coefficient (Wildman–Crippen LogP) is 0.588. The molecule has 2 fully saturated rings. The second-order valence-corrected chi connectivity index (χ2v) is 11.1. The van der Waals surface area contributed by atoms with Crippen molar-refractivity contribution in [3.63, 3.8) is 0 Å². The fourth-order valence-electron chi connectivity index (χ4n) is 4.97. The summed E-state index contributed by atoms with van der Waals surface area (Å²) in [6.07, 6.45) is 3.74. The number of rotatable bonds is 11. The number of carbonyl (C=O) groups excluding carboxylic acids is 2. The summed E-state index contributed by atoms with van der Waals surface area (Å²) in [6, 6.07) is -0.381. The molecule has 0 spiro atoms. The minimum atomic E-state index is -0.763. The summed E-state index contributed by atoms with van der Waals surface area (Å²) < 4.78 is 25.6. The first-order valence-corrected chi connectivity index (χ1v) is 13.8. The van der Waals surface area contributed by atoms with Crippen molar-refractivity contribution >= 4 is 11.8 Å². The van der Waals surface area contributed by atoms with Gasteiger partial charge in [0.05, 0.1) is 55.7 Å². The highest BCUT2D eigenvalue weighted by Gasteiger charge is 2.46. The van der Waals surface area contributed by atoms with Crippen LogP contribution in [0.2, 0.25) is 0 Å². The van der Waals surface area contributed by atoms with Gasteiger partial charge < -0.3 is 18.9 Å². The van der Waals surface area contributed by atoms with Crippen molar-refractivity contribution in [2.24, 2.45) is 5.92 Å². The Hall–Kier alpha value is -2.68. The first kappa shape index (κ1) is 31.3. The molecule has 2 radical (unpaired) electrons. The first-order valence-electron chi connectivity index (χ1n) is 13.8. The summed E-state index contributed by atoms with van der Waals surface area (Å²) in [7, 11) is 1.76. The van der Waals surface area contributed by atoms with Crippen LogP contribution in [0.4, 0.5) is 0 Å². The van der Waals surface area contributed by atoms with Gasteiger partial charge in [-0.1, -0.05) is 6.08 Å². The quantitative estimate of drug-likeness (QED) is 0.283. The van der Waals surface area contributed by atoms with Crippen LogP contribution in [0.25, 0.3) is 0 Å². The van der Waals surface area contributed by atoms with Crippen molar-refractivity contribution in [3.8, 4) is 0 Å². The standard InChI is InChI=1S/C28H40N4O9/c1-14(2)37-12-22-19(9-20(40-22)18-8-16(5)25(33)29-27(18)35)31(7)38-13-23-21(39-15(3)4)10-24(41-23)32-11-17(6)26(34)30-28(32)36/h8-11,14-15,18-24H,12-13H2,1-7H3,(H,29,33,35)(H,30,34,36)/t18?,19-,20-,21-,22-,23-,24-/m1/s1. The number of ether oxygens (including phenoxy) is 4. The van der Waals surface area contributed by atoms with Gasteiger partial charge >= 0.3 is 5.69 Å². The molecule has 2 N–H and O–H groups in total. The molecule has 13 nitrogen and oxygen atoms in total. The summed E-state index contributed by atoms with van der Waals surface area (Å²) >= 11 is 0. The van der Waals surface area contributed by atoms with Crippen LogP contribution in [-0.4, -0.2) is 89.4 Å². The van der Waals surface area contributed by atoms with E-state index in [1.54, 1.807) is 38.5 Å². The number of H-pyrrole nitrogens is 1. The number of nitrogens with one attached hydrogen (secondary N) is 2. The van der Waals surface area contributed by atoms with Crippen molar-refractivity contribution in [1.29, 1.82) is 0 Å². The van der Waals surface area contributed by atoms with Crippen LogP contribution in [0, 0.1) is 25.7 Å². The molecular formula is C28H40N4O9. The first-order chi connectivity index (χ1) is 19.3. The van der Waals surface area contributed by atoms with Crippen molar-refractivity contribution in [2.75, 3.05) is 20.3 Å². The molecule has 2 amide bonds. The number of aryl methyl sites for hydroxylation is 1. The minimum absolute atomic E-state index is 0.0319. The monoisotopic (exact) mass is 576 g/mol. The van der Waals surface area contributed by atoms with Gasteiger partial charge in [-0.2, -0.15) is 5.06 Å². The third-order valence-electron chi connectivity index (χ3n) is 7.12. The fraction of sp³-hybridized carbons (Fsp3) is 0.643. The third-order valence-corrected chi connectivity index (χ3v) is 7.12. The average molecular weight is 577 g/mol. The van der Waals surface area contributed by atoms with Gasteiger partial charge in [-0.25, -0.2) is 4.79 Å². The number of hydrogen-bond acceptors (Lipinski definition) is 10. The van der Waals surface area contributed by atoms with Gasteiger partial charge in [0.1, 0.15) is 12.3 Å². The van der Waals surface area contributed by atoms with Crippen LogP contribution < -0.4 is 16.6 Å². The zero-order valence-corrected chi connectivity index (χ0v) is 24.5. The Bertz CT molecular complexity index is 1260. The Kier molecular flexibility index (Phi) is 9.98. The number of aromatic amines is 1. The molecule has 1 aromatic heterocycles. The topological polar surface area (TPSA) is 150 Å². The Morgan fingerprint density at radius 2 is 1.73 bits per heavy atom. The molecule has 0 bridgehead atoms. The number of amides is 2. The fourth-order valence-corrected chi connectivity index (χ4v) is 4.97. The van der Waals surface area contributed by atoms with E-state index in [1.807, 2.05) is 34.1 Å². The molecular weight excluding hydrogens is 536 g/mol. The molecule has 4 heterocycles. The Morgan fingerprint density at radius 1 is 1.00 bits per heavy atom. The maximum atomic E-state index is 12.6. The van der Waals surface area contributed by atoms with E-state index in [2.05, 4.69) is 10.3 Å². The predicted molar refractivity (Wildman–Crippen MR) is 146 cm³/mol. The van der Waals surface area contributed by atoms with Gasteiger partial charge in [-0.3, -0.25) is 34.1 Å². The van der Waals surface area contributed by atoms with Gasteiger partial charge in [0.2, 0.25) is 5.91 Å². The SMILES string of the molecule is CC1=CC([C@H]2[CH][C@@H](N(C)OC[C@H]3O[C@@H](n4cc(C)c(=O)[nH]c4=O)[CH][C@H]3OC(C)C)[C@@H](COC(C)C)O2)C(=O)NC1=O. The third kappa shape index (κ3) is 7.40. The molecule has 13 heteroatoms. The lowest BCUT2D eigenvalue weighted by Gasteiger charge is -2.29. The molecule has 0 aromatic carbocycles. The van der Waals surface area contributed by atoms with E-state index in [-0.39, 0.29) is 31.5 Å². The summed E-state index contributed by atoms with van der Waals surface area (Å²) in [5, 5.41) is 4.01. The maximum absolute atomic E-state index is 12.6. The maximum Gasteiger partial charge on any atom is 0.330 e. The van der Waals surface area contributed by atoms with Crippen molar-refractivity contribution in [2.45, 2.75) is 90.4 Å². The number of hydroxylamine groups is 2. The van der Waals surface area contributed by atoms with Crippen LogP contribution in [-0.2, 0) is 33.4 Å². The van der Waals surface area contributed by atoms with E-state index in [9.17, 15) is 19.2 Å². The number of imide groups is 1. The Labute approximate surface area is 239 Å². The smallest absolute Gasteiger partial charge is 0.330 e. The van der Waals surface area contributed by atoms with Crippen LogP contribution >= 0.6 is 0 Å². The number of carbonyl (C=O) groups is 2. The van der Waals surface area contributed by atoms with E-state index in [0.29, 0.717) is 11.1 Å². The molecule has 2 saturated heterocycles. The van der Waals surface area contributed by atoms with Crippen LogP contribution in [0.15, 0.2) is 27.4 Å². The second-order valence-electron chi connectivity index (χ2n) is 11.1. The highest BCUT2D eigenvalue weighted by molar-refractivity contribution is 6.08. The van der Waals surface area contributed by atoms with Gasteiger partial charge in [0.15, 0.2) is 0 Å². The van der Waals surface area contributed by atoms with E-state index in [4.69, 9.17) is 23.8 Å². The van der Waals surface area contributed by atoms with Crippen molar-refractivity contribution < 1.29 is 33.4 Å². The zero-order valence-electron chi connectivity index (χ0n) is 24.5. The van der Waals surface area contributed by atoms with E-state index in [0.717, 1.165) is 0 Å². The lowest BCUT2D eigenvalue weighted by atomic mass is 9.92. The average Bonchev–Trinajstić information content (AvgIpc) is 3.49. The van der Waals surface area contributed by atoms with Crippen LogP contribution in [0.5, 0.6) is 0 Å². The number of hydrogen-bond donors (Lipinski definition) is 2. The number of nitrogens with zero attached hydrogens (tertiary/aromatic N) is 2. The lowest BCUT2D eigenvalue weighted by molar-refractivity contribution is -0.209. The number of likely N-dealkylation sites (N-methyl/N-ethyl adjacent to an activating group) is 1. The van der Waals surface area contributed by atoms with E-state index < -0.39 is 59.6 Å². The Morgan fingerprint density at radius 3 is 2.41 bits per heavy atom. The summed E-state index contributed by atoms with van der Waals surface area (Å²) in [5.74, 6) is -1.49. The second kappa shape index (κ2) is 13.1. The van der Waals surface area contributed by atoms with Crippen LogP contribution in [0.1, 0.15) is 46.4 Å². The van der Waals surface area contributed by atoms with Gasteiger partial charge in [0.25, 0.3) is 11.5 Å². The molecule has 7 atom stereocenters. The minimum Gasteiger partial charge on any atom is -0.376 e. The summed E-state index contributed by atoms with van der Waals surface area (Å²) in [5.41, 5.74) is -0.206. The van der Waals surface area contributed by atoms with Crippen LogP contribution in [0.3, 0.4) is 0 Å².